The van der Waals surface area contributed by atoms with E-state index in [0.29, 0.717) is 17.9 Å². The number of piperidine rings is 1. The van der Waals surface area contributed by atoms with Crippen LogP contribution >= 0.6 is 0 Å². The lowest BCUT2D eigenvalue weighted by molar-refractivity contribution is -0.123. The number of aromatic nitrogens is 2. The molecule has 7 nitrogen and oxygen atoms in total. The van der Waals surface area contributed by atoms with Crippen molar-refractivity contribution in [1.82, 2.24) is 15.1 Å². The normalized spacial score (nSPS) is 17.7. The number of primary amides is 1. The quantitative estimate of drug-likeness (QED) is 0.852. The molecule has 2 aromatic rings. The van der Waals surface area contributed by atoms with Crippen LogP contribution in [0.4, 0.5) is 5.82 Å². The third-order valence-electron chi connectivity index (χ3n) is 4.57. The molecule has 26 heavy (non-hydrogen) atoms. The van der Waals surface area contributed by atoms with Crippen molar-refractivity contribution in [3.8, 4) is 0 Å². The predicted octanol–water partition coefficient (Wildman–Crippen LogP) is 1.73. The van der Waals surface area contributed by atoms with Gasteiger partial charge >= 0.3 is 0 Å². The monoisotopic (exact) mass is 353 g/mol. The number of hydrogen-bond donors (Lipinski definition) is 2. The molecule has 0 unspecified atom stereocenters. The minimum atomic E-state index is -0.221. The Hall–Kier alpha value is -2.80. The van der Waals surface area contributed by atoms with E-state index in [0.717, 1.165) is 37.2 Å². The molecule has 2 heterocycles. The Bertz CT molecular complexity index is 774. The summed E-state index contributed by atoms with van der Waals surface area (Å²) in [4.78, 5) is 25.9. The fourth-order valence-corrected chi connectivity index (χ4v) is 3.11. The molecule has 7 heteroatoms. The Labute approximate surface area is 152 Å². The van der Waals surface area contributed by atoms with E-state index >= 15 is 0 Å². The van der Waals surface area contributed by atoms with E-state index in [1.54, 1.807) is 24.3 Å². The van der Waals surface area contributed by atoms with Crippen LogP contribution in [-0.2, 0) is 11.3 Å². The van der Waals surface area contributed by atoms with Crippen LogP contribution < -0.4 is 11.1 Å². The average Bonchev–Trinajstić information content (AvgIpc) is 2.64. The Morgan fingerprint density at radius 2 is 1.96 bits per heavy atom. The van der Waals surface area contributed by atoms with Crippen LogP contribution in [0.1, 0.15) is 34.5 Å². The second-order valence-corrected chi connectivity index (χ2v) is 6.69. The van der Waals surface area contributed by atoms with Crippen molar-refractivity contribution in [2.75, 3.05) is 18.4 Å². The molecule has 2 amide bonds. The van der Waals surface area contributed by atoms with Crippen molar-refractivity contribution in [1.29, 1.82) is 0 Å². The highest BCUT2D eigenvalue weighted by Crippen LogP contribution is 2.18. The van der Waals surface area contributed by atoms with E-state index in [4.69, 9.17) is 5.73 Å². The molecule has 1 atom stereocenters. The van der Waals surface area contributed by atoms with Crippen LogP contribution in [0, 0.1) is 12.8 Å². The second kappa shape index (κ2) is 8.05. The van der Waals surface area contributed by atoms with Crippen molar-refractivity contribution in [3.63, 3.8) is 0 Å². The maximum atomic E-state index is 12.3. The average molecular weight is 353 g/mol. The van der Waals surface area contributed by atoms with Gasteiger partial charge in [-0.05, 0) is 56.1 Å². The Morgan fingerprint density at radius 3 is 2.62 bits per heavy atom. The maximum Gasteiger partial charge on any atom is 0.256 e. The molecule has 1 aromatic carbocycles. The number of hydrogen-bond acceptors (Lipinski definition) is 5. The lowest BCUT2D eigenvalue weighted by Crippen LogP contribution is -2.40. The first kappa shape index (κ1) is 18.0. The number of carbonyl (C=O) groups is 2. The highest BCUT2D eigenvalue weighted by Gasteiger charge is 2.23. The van der Waals surface area contributed by atoms with Gasteiger partial charge in [0.25, 0.3) is 5.91 Å². The molecule has 1 fully saturated rings. The maximum absolute atomic E-state index is 12.3. The lowest BCUT2D eigenvalue weighted by Gasteiger charge is -2.31. The van der Waals surface area contributed by atoms with Gasteiger partial charge in [0.1, 0.15) is 0 Å². The minimum Gasteiger partial charge on any atom is -0.369 e. The summed E-state index contributed by atoms with van der Waals surface area (Å²) in [5.41, 5.74) is 7.88. The molecule has 1 aliphatic heterocycles. The molecule has 0 aliphatic carbocycles. The van der Waals surface area contributed by atoms with Gasteiger partial charge in [-0.15, -0.1) is 5.10 Å². The number of carbonyl (C=O) groups excluding carboxylic acids is 2. The zero-order valence-corrected chi connectivity index (χ0v) is 14.8. The highest BCUT2D eigenvalue weighted by molar-refractivity contribution is 6.03. The number of amides is 2. The van der Waals surface area contributed by atoms with Gasteiger partial charge in [0.15, 0.2) is 5.82 Å². The smallest absolute Gasteiger partial charge is 0.256 e. The molecular weight excluding hydrogens is 330 g/mol. The van der Waals surface area contributed by atoms with Crippen LogP contribution in [0.3, 0.4) is 0 Å². The predicted molar refractivity (Wildman–Crippen MR) is 98.4 cm³/mol. The topological polar surface area (TPSA) is 101 Å². The third-order valence-corrected chi connectivity index (χ3v) is 4.57. The Kier molecular flexibility index (Phi) is 5.58. The van der Waals surface area contributed by atoms with Gasteiger partial charge in [-0.25, -0.2) is 0 Å². The molecule has 0 bridgehead atoms. The van der Waals surface area contributed by atoms with Gasteiger partial charge in [0, 0.05) is 18.7 Å². The molecule has 3 N–H and O–H groups in total. The Morgan fingerprint density at radius 1 is 1.19 bits per heavy atom. The highest BCUT2D eigenvalue weighted by atomic mass is 16.2. The van der Waals surface area contributed by atoms with Crippen LogP contribution in [0.15, 0.2) is 36.4 Å². The minimum absolute atomic E-state index is 0.0654. The molecule has 136 valence electrons. The van der Waals surface area contributed by atoms with Crippen LogP contribution in [0.5, 0.6) is 0 Å². The van der Waals surface area contributed by atoms with Crippen molar-refractivity contribution in [2.45, 2.75) is 26.3 Å². The number of rotatable bonds is 5. The number of anilines is 1. The summed E-state index contributed by atoms with van der Waals surface area (Å²) in [5.74, 6) is -0.0812. The number of likely N-dealkylation sites (tertiary alicyclic amines) is 1. The molecule has 0 spiro atoms. The van der Waals surface area contributed by atoms with Crippen molar-refractivity contribution < 1.29 is 9.59 Å². The number of nitrogens with two attached hydrogens (primary N) is 1. The van der Waals surface area contributed by atoms with Crippen LogP contribution in [0.2, 0.25) is 0 Å². The summed E-state index contributed by atoms with van der Waals surface area (Å²) in [7, 11) is 0. The summed E-state index contributed by atoms with van der Waals surface area (Å²) in [6.45, 7) is 4.24. The molecule has 0 radical (unpaired) electrons. The van der Waals surface area contributed by atoms with Gasteiger partial charge in [0.2, 0.25) is 5.91 Å². The van der Waals surface area contributed by atoms with E-state index in [1.165, 1.54) is 0 Å². The zero-order valence-electron chi connectivity index (χ0n) is 14.8. The third kappa shape index (κ3) is 4.64. The van der Waals surface area contributed by atoms with Gasteiger partial charge in [-0.2, -0.15) is 5.10 Å². The van der Waals surface area contributed by atoms with E-state index in [-0.39, 0.29) is 17.7 Å². The Balaban J connectivity index is 1.58. The van der Waals surface area contributed by atoms with Gasteiger partial charge < -0.3 is 11.1 Å². The van der Waals surface area contributed by atoms with Crippen molar-refractivity contribution >= 4 is 17.6 Å². The standard InChI is InChI=1S/C19H23N5O2/c1-13-4-9-17(23-22-13)21-19(26)15-7-5-14(6-8-15)11-24-10-2-3-16(12-24)18(20)25/h4-9,16H,2-3,10-12H2,1H3,(H2,20,25)(H,21,23,26)/t16-/m1/s1. The molecule has 0 saturated carbocycles. The van der Waals surface area contributed by atoms with Gasteiger partial charge in [-0.1, -0.05) is 12.1 Å². The molecule has 1 aromatic heterocycles. The number of aryl methyl sites for hydroxylation is 1. The summed E-state index contributed by atoms with van der Waals surface area (Å²) < 4.78 is 0. The lowest BCUT2D eigenvalue weighted by atomic mass is 9.97. The first-order valence-corrected chi connectivity index (χ1v) is 8.73. The molecular formula is C19H23N5O2. The fourth-order valence-electron chi connectivity index (χ4n) is 3.11. The van der Waals surface area contributed by atoms with Crippen molar-refractivity contribution in [2.24, 2.45) is 11.7 Å². The summed E-state index contributed by atoms with van der Waals surface area (Å²) >= 11 is 0. The first-order chi connectivity index (χ1) is 12.5. The SMILES string of the molecule is Cc1ccc(NC(=O)c2ccc(CN3CCC[C@@H](C(N)=O)C3)cc2)nn1. The largest absolute Gasteiger partial charge is 0.369 e. The van der Waals surface area contributed by atoms with Gasteiger partial charge in [0.05, 0.1) is 11.6 Å². The molecule has 1 saturated heterocycles. The van der Waals surface area contributed by atoms with E-state index in [2.05, 4.69) is 20.4 Å². The fraction of sp³-hybridized carbons (Fsp3) is 0.368. The van der Waals surface area contributed by atoms with Gasteiger partial charge in [-0.3, -0.25) is 14.5 Å². The van der Waals surface area contributed by atoms with E-state index < -0.39 is 0 Å². The van der Waals surface area contributed by atoms with E-state index in [9.17, 15) is 9.59 Å². The second-order valence-electron chi connectivity index (χ2n) is 6.69. The number of nitrogens with zero attached hydrogens (tertiary/aromatic N) is 3. The summed E-state index contributed by atoms with van der Waals surface area (Å²) in [6.07, 6.45) is 1.85. The molecule has 3 rings (SSSR count). The van der Waals surface area contributed by atoms with Crippen LogP contribution in [0.25, 0.3) is 0 Å². The van der Waals surface area contributed by atoms with Crippen molar-refractivity contribution in [3.05, 3.63) is 53.2 Å². The summed E-state index contributed by atoms with van der Waals surface area (Å²) in [5, 5.41) is 10.6. The first-order valence-electron chi connectivity index (χ1n) is 8.73. The number of benzene rings is 1. The van der Waals surface area contributed by atoms with Crippen LogP contribution in [-0.4, -0.2) is 40.0 Å². The molecule has 1 aliphatic rings. The number of nitrogens with one attached hydrogen (secondary N) is 1. The zero-order chi connectivity index (χ0) is 18.5. The summed E-state index contributed by atoms with van der Waals surface area (Å²) in [6, 6.07) is 11.0. The van der Waals surface area contributed by atoms with E-state index in [1.807, 2.05) is 19.1 Å².